The second-order valence-corrected chi connectivity index (χ2v) is 7.94. The molecular formula is C22H24N4O5. The van der Waals surface area contributed by atoms with Crippen molar-refractivity contribution in [3.63, 3.8) is 0 Å². The van der Waals surface area contributed by atoms with Crippen LogP contribution in [0.25, 0.3) is 5.69 Å². The van der Waals surface area contributed by atoms with E-state index in [0.717, 1.165) is 12.8 Å². The van der Waals surface area contributed by atoms with Gasteiger partial charge in [-0.2, -0.15) is 0 Å². The highest BCUT2D eigenvalue weighted by Crippen LogP contribution is 2.32. The topological polar surface area (TPSA) is 121 Å². The van der Waals surface area contributed by atoms with E-state index in [0.29, 0.717) is 24.2 Å². The van der Waals surface area contributed by atoms with Crippen LogP contribution in [0, 0.1) is 5.92 Å². The van der Waals surface area contributed by atoms with Crippen LogP contribution in [0.2, 0.25) is 0 Å². The van der Waals surface area contributed by atoms with Crippen molar-refractivity contribution in [2.24, 2.45) is 5.92 Å². The number of hydrogen-bond donors (Lipinski definition) is 3. The summed E-state index contributed by atoms with van der Waals surface area (Å²) in [5.41, 5.74) is 0.837. The van der Waals surface area contributed by atoms with Gasteiger partial charge in [0, 0.05) is 42.5 Å². The number of carbonyl (C=O) groups excluding carboxylic acids is 2. The van der Waals surface area contributed by atoms with Gasteiger partial charge in [-0.15, -0.1) is 0 Å². The highest BCUT2D eigenvalue weighted by atomic mass is 16.4. The maximum Gasteiger partial charge on any atom is 0.404 e. The fourth-order valence-electron chi connectivity index (χ4n) is 3.88. The van der Waals surface area contributed by atoms with E-state index in [1.807, 2.05) is 0 Å². The number of pyridine rings is 1. The number of carbonyl (C=O) groups is 3. The van der Waals surface area contributed by atoms with Crippen molar-refractivity contribution in [1.29, 1.82) is 0 Å². The van der Waals surface area contributed by atoms with Crippen LogP contribution in [0.5, 0.6) is 0 Å². The molecule has 9 nitrogen and oxygen atoms in total. The summed E-state index contributed by atoms with van der Waals surface area (Å²) in [6.45, 7) is 0.733. The lowest BCUT2D eigenvalue weighted by atomic mass is 9.98. The molecule has 2 aliphatic rings. The van der Waals surface area contributed by atoms with E-state index in [-0.39, 0.29) is 29.8 Å². The average Bonchev–Trinajstić information content (AvgIpc) is 3.60. The molecule has 0 spiro atoms. The van der Waals surface area contributed by atoms with E-state index in [2.05, 4.69) is 10.6 Å². The Hall–Kier alpha value is -3.62. The van der Waals surface area contributed by atoms with Crippen LogP contribution in [0.15, 0.2) is 53.5 Å². The van der Waals surface area contributed by atoms with Crippen LogP contribution >= 0.6 is 0 Å². The van der Waals surface area contributed by atoms with E-state index < -0.39 is 18.2 Å². The first kappa shape index (κ1) is 20.6. The number of rotatable bonds is 5. The van der Waals surface area contributed by atoms with E-state index in [1.54, 1.807) is 47.5 Å². The standard InChI is InChI=1S/C22H24N4O5/c27-19-3-1-2-11-26(19)16-8-6-14(7-9-16)20(28)23-18-13-25(21(29)15-4-5-15)12-10-17(18)24-22(30)31/h1-3,6-9,11,15,17-18,24H,4-5,10,12-13H2,(H,23,28)(H,30,31). The van der Waals surface area contributed by atoms with Crippen molar-refractivity contribution in [2.45, 2.75) is 31.3 Å². The van der Waals surface area contributed by atoms with Crippen LogP contribution in [-0.4, -0.2) is 57.7 Å². The third-order valence-electron chi connectivity index (χ3n) is 5.71. The number of nitrogens with one attached hydrogen (secondary N) is 2. The lowest BCUT2D eigenvalue weighted by molar-refractivity contribution is -0.134. The predicted octanol–water partition coefficient (Wildman–Crippen LogP) is 1.21. The van der Waals surface area contributed by atoms with Crippen molar-refractivity contribution in [2.75, 3.05) is 13.1 Å². The van der Waals surface area contributed by atoms with Gasteiger partial charge in [0.15, 0.2) is 0 Å². The van der Waals surface area contributed by atoms with Gasteiger partial charge in [-0.05, 0) is 49.6 Å². The average molecular weight is 424 g/mol. The van der Waals surface area contributed by atoms with Gasteiger partial charge in [0.2, 0.25) is 5.91 Å². The van der Waals surface area contributed by atoms with Gasteiger partial charge >= 0.3 is 6.09 Å². The van der Waals surface area contributed by atoms with Crippen LogP contribution in [0.3, 0.4) is 0 Å². The molecule has 2 atom stereocenters. The van der Waals surface area contributed by atoms with Crippen molar-refractivity contribution in [1.82, 2.24) is 20.1 Å². The second-order valence-electron chi connectivity index (χ2n) is 7.94. The molecule has 3 N–H and O–H groups in total. The molecule has 1 aromatic carbocycles. The van der Waals surface area contributed by atoms with E-state index in [1.165, 1.54) is 10.6 Å². The summed E-state index contributed by atoms with van der Waals surface area (Å²) in [6.07, 6.45) is 2.70. The Morgan fingerprint density at radius 3 is 2.32 bits per heavy atom. The molecule has 2 unspecified atom stereocenters. The zero-order valence-electron chi connectivity index (χ0n) is 16.9. The number of hydrogen-bond acceptors (Lipinski definition) is 4. The van der Waals surface area contributed by atoms with E-state index in [4.69, 9.17) is 5.11 Å². The fraction of sp³-hybridized carbons (Fsp3) is 0.364. The van der Waals surface area contributed by atoms with Crippen LogP contribution in [0.4, 0.5) is 4.79 Å². The lowest BCUT2D eigenvalue weighted by Crippen LogP contribution is -2.61. The maximum atomic E-state index is 12.8. The van der Waals surface area contributed by atoms with Gasteiger partial charge < -0.3 is 20.6 Å². The minimum atomic E-state index is -1.16. The first-order chi connectivity index (χ1) is 14.9. The van der Waals surface area contributed by atoms with Crippen molar-refractivity contribution >= 4 is 17.9 Å². The minimum absolute atomic E-state index is 0.0641. The summed E-state index contributed by atoms with van der Waals surface area (Å²) in [5.74, 6) is -0.227. The molecule has 0 bridgehead atoms. The molecule has 1 aliphatic heterocycles. The lowest BCUT2D eigenvalue weighted by Gasteiger charge is -2.38. The minimum Gasteiger partial charge on any atom is -0.465 e. The Bertz CT molecular complexity index is 1040. The van der Waals surface area contributed by atoms with Crippen LogP contribution in [-0.2, 0) is 4.79 Å². The summed E-state index contributed by atoms with van der Waals surface area (Å²) in [6, 6.07) is 10.4. The highest BCUT2D eigenvalue weighted by Gasteiger charge is 2.39. The van der Waals surface area contributed by atoms with Gasteiger partial charge in [0.1, 0.15) is 0 Å². The van der Waals surface area contributed by atoms with E-state index in [9.17, 15) is 19.2 Å². The largest absolute Gasteiger partial charge is 0.465 e. The zero-order valence-corrected chi connectivity index (χ0v) is 16.9. The Balaban J connectivity index is 1.47. The summed E-state index contributed by atoms with van der Waals surface area (Å²) in [7, 11) is 0. The molecule has 1 saturated carbocycles. The Kier molecular flexibility index (Phi) is 5.75. The molecule has 1 saturated heterocycles. The number of carboxylic acid groups (broad SMARTS) is 1. The Morgan fingerprint density at radius 1 is 0.935 bits per heavy atom. The summed E-state index contributed by atoms with van der Waals surface area (Å²) in [4.78, 5) is 50.1. The van der Waals surface area contributed by atoms with Crippen molar-refractivity contribution < 1.29 is 19.5 Å². The number of piperidine rings is 1. The molecule has 9 heteroatoms. The number of benzene rings is 1. The SMILES string of the molecule is O=C(O)NC1CCN(C(=O)C2CC2)CC1NC(=O)c1ccc(-n2ccccc2=O)cc1. The second kappa shape index (κ2) is 8.63. The smallest absolute Gasteiger partial charge is 0.404 e. The number of likely N-dealkylation sites (tertiary alicyclic amines) is 1. The highest BCUT2D eigenvalue weighted by molar-refractivity contribution is 5.94. The summed E-state index contributed by atoms with van der Waals surface area (Å²) >= 11 is 0. The monoisotopic (exact) mass is 424 g/mol. The molecule has 0 radical (unpaired) electrons. The molecule has 4 rings (SSSR count). The van der Waals surface area contributed by atoms with Crippen molar-refractivity contribution in [3.05, 3.63) is 64.6 Å². The molecule has 1 aliphatic carbocycles. The Morgan fingerprint density at radius 2 is 1.68 bits per heavy atom. The van der Waals surface area contributed by atoms with Gasteiger partial charge in [-0.25, -0.2) is 4.79 Å². The van der Waals surface area contributed by atoms with Gasteiger partial charge in [0.05, 0.1) is 12.1 Å². The van der Waals surface area contributed by atoms with Crippen molar-refractivity contribution in [3.8, 4) is 5.69 Å². The van der Waals surface area contributed by atoms with Gasteiger partial charge in [-0.1, -0.05) is 6.07 Å². The third-order valence-corrected chi connectivity index (χ3v) is 5.71. The fourth-order valence-corrected chi connectivity index (χ4v) is 3.88. The van der Waals surface area contributed by atoms with Gasteiger partial charge in [-0.3, -0.25) is 19.0 Å². The molecule has 1 aromatic heterocycles. The number of aromatic nitrogens is 1. The molecule has 2 aromatic rings. The molecular weight excluding hydrogens is 400 g/mol. The van der Waals surface area contributed by atoms with Crippen LogP contribution in [0.1, 0.15) is 29.6 Å². The normalized spacial score (nSPS) is 20.7. The Labute approximate surface area is 178 Å². The molecule has 3 amide bonds. The van der Waals surface area contributed by atoms with Gasteiger partial charge in [0.25, 0.3) is 11.5 Å². The summed E-state index contributed by atoms with van der Waals surface area (Å²) in [5, 5.41) is 14.5. The number of amides is 3. The molecule has 2 fully saturated rings. The summed E-state index contributed by atoms with van der Waals surface area (Å²) < 4.78 is 1.47. The third kappa shape index (κ3) is 4.76. The number of nitrogens with zero attached hydrogens (tertiary/aromatic N) is 2. The van der Waals surface area contributed by atoms with E-state index >= 15 is 0 Å². The molecule has 31 heavy (non-hydrogen) atoms. The first-order valence-electron chi connectivity index (χ1n) is 10.3. The van der Waals surface area contributed by atoms with Crippen LogP contribution < -0.4 is 16.2 Å². The predicted molar refractivity (Wildman–Crippen MR) is 112 cm³/mol. The molecule has 2 heterocycles. The quantitative estimate of drug-likeness (QED) is 0.666. The first-order valence-corrected chi connectivity index (χ1v) is 10.3. The molecule has 162 valence electrons. The zero-order chi connectivity index (χ0) is 22.0. The maximum absolute atomic E-state index is 12.8.